The molecule has 0 saturated heterocycles. The van der Waals surface area contributed by atoms with Gasteiger partial charge in [-0.1, -0.05) is 36.0 Å². The maximum atomic E-state index is 9.74. The van der Waals surface area contributed by atoms with Crippen LogP contribution in [0.4, 0.5) is 0 Å². The molecule has 0 aliphatic rings. The normalized spacial score (nSPS) is 11.3. The summed E-state index contributed by atoms with van der Waals surface area (Å²) in [7, 11) is 1.48. The van der Waals surface area contributed by atoms with Crippen molar-refractivity contribution in [2.75, 3.05) is 7.11 Å². The summed E-state index contributed by atoms with van der Waals surface area (Å²) in [5.74, 6) is 0.957. The SMILES string of the molecule is COc1cc(/C=C(/C#N)c2nc(CSc3nnnn3-c3ccccc3)cs2)ccc1O. The number of para-hydroxylation sites is 1. The summed E-state index contributed by atoms with van der Waals surface area (Å²) in [6.45, 7) is 0. The molecule has 0 bridgehead atoms. The van der Waals surface area contributed by atoms with Gasteiger partial charge in [-0.3, -0.25) is 0 Å². The van der Waals surface area contributed by atoms with E-state index in [0.29, 0.717) is 27.2 Å². The van der Waals surface area contributed by atoms with E-state index in [9.17, 15) is 10.4 Å². The Morgan fingerprint density at radius 2 is 2.13 bits per heavy atom. The Bertz CT molecular complexity index is 1260. The number of hydrogen-bond acceptors (Lipinski definition) is 9. The number of rotatable bonds is 7. The van der Waals surface area contributed by atoms with E-state index in [4.69, 9.17) is 4.74 Å². The summed E-state index contributed by atoms with van der Waals surface area (Å²) in [6.07, 6.45) is 1.72. The largest absolute Gasteiger partial charge is 0.504 e. The van der Waals surface area contributed by atoms with Gasteiger partial charge in [0, 0.05) is 11.1 Å². The number of phenolic OH excluding ortho intramolecular Hbond substituents is 1. The fourth-order valence-electron chi connectivity index (χ4n) is 2.73. The summed E-state index contributed by atoms with van der Waals surface area (Å²) >= 11 is 2.87. The van der Waals surface area contributed by atoms with Crippen molar-refractivity contribution >= 4 is 34.7 Å². The van der Waals surface area contributed by atoms with Crippen molar-refractivity contribution in [1.82, 2.24) is 25.2 Å². The molecule has 2 heterocycles. The summed E-state index contributed by atoms with van der Waals surface area (Å²) in [5.41, 5.74) is 2.88. The number of aromatic nitrogens is 5. The van der Waals surface area contributed by atoms with Gasteiger partial charge in [0.25, 0.3) is 0 Å². The smallest absolute Gasteiger partial charge is 0.214 e. The van der Waals surface area contributed by atoms with E-state index in [1.54, 1.807) is 22.9 Å². The first-order chi connectivity index (χ1) is 15.2. The molecule has 0 aliphatic carbocycles. The Balaban J connectivity index is 1.50. The van der Waals surface area contributed by atoms with Crippen LogP contribution in [0.1, 0.15) is 16.3 Å². The minimum atomic E-state index is 0.0459. The highest BCUT2D eigenvalue weighted by molar-refractivity contribution is 7.98. The fraction of sp³-hybridized carbons (Fsp3) is 0.0952. The fourth-order valence-corrected chi connectivity index (χ4v) is 4.40. The van der Waals surface area contributed by atoms with E-state index in [2.05, 4.69) is 26.6 Å². The highest BCUT2D eigenvalue weighted by atomic mass is 32.2. The van der Waals surface area contributed by atoms with E-state index in [0.717, 1.165) is 16.9 Å². The number of phenols is 1. The van der Waals surface area contributed by atoms with E-state index < -0.39 is 0 Å². The predicted molar refractivity (Wildman–Crippen MR) is 119 cm³/mol. The molecular weight excluding hydrogens is 432 g/mol. The van der Waals surface area contributed by atoms with Crippen molar-refractivity contribution < 1.29 is 9.84 Å². The first kappa shape index (κ1) is 20.6. The number of benzene rings is 2. The quantitative estimate of drug-likeness (QED) is 0.331. The highest BCUT2D eigenvalue weighted by Crippen LogP contribution is 2.30. The lowest BCUT2D eigenvalue weighted by Crippen LogP contribution is -1.98. The van der Waals surface area contributed by atoms with Gasteiger partial charge >= 0.3 is 0 Å². The first-order valence-electron chi connectivity index (χ1n) is 9.08. The van der Waals surface area contributed by atoms with Gasteiger partial charge in [0.2, 0.25) is 5.16 Å². The lowest BCUT2D eigenvalue weighted by Gasteiger charge is -2.04. The van der Waals surface area contributed by atoms with Gasteiger partial charge in [-0.15, -0.1) is 16.4 Å². The summed E-state index contributed by atoms with van der Waals surface area (Å²) in [5, 5.41) is 34.4. The monoisotopic (exact) mass is 448 g/mol. The average molecular weight is 449 g/mol. The lowest BCUT2D eigenvalue weighted by atomic mass is 10.1. The van der Waals surface area contributed by atoms with Gasteiger partial charge in [-0.2, -0.15) is 9.94 Å². The minimum absolute atomic E-state index is 0.0459. The molecule has 0 spiro atoms. The molecule has 0 saturated carbocycles. The van der Waals surface area contributed by atoms with Crippen LogP contribution in [0.3, 0.4) is 0 Å². The molecule has 31 heavy (non-hydrogen) atoms. The number of aromatic hydroxyl groups is 1. The van der Waals surface area contributed by atoms with E-state index >= 15 is 0 Å². The zero-order valence-corrected chi connectivity index (χ0v) is 18.0. The highest BCUT2D eigenvalue weighted by Gasteiger charge is 2.12. The molecule has 10 heteroatoms. The van der Waals surface area contributed by atoms with Crippen LogP contribution in [0.15, 0.2) is 59.1 Å². The van der Waals surface area contributed by atoms with Crippen LogP contribution in [-0.2, 0) is 5.75 Å². The van der Waals surface area contributed by atoms with Crippen LogP contribution in [0.2, 0.25) is 0 Å². The molecule has 0 radical (unpaired) electrons. The Morgan fingerprint density at radius 1 is 1.29 bits per heavy atom. The van der Waals surface area contributed by atoms with Gasteiger partial charge in [0.05, 0.1) is 24.1 Å². The number of ether oxygens (including phenoxy) is 1. The second-order valence-corrected chi connectivity index (χ2v) is 8.04. The van der Waals surface area contributed by atoms with Crippen LogP contribution in [-0.4, -0.2) is 37.4 Å². The van der Waals surface area contributed by atoms with Gasteiger partial charge in [0.1, 0.15) is 11.1 Å². The van der Waals surface area contributed by atoms with Crippen molar-refractivity contribution in [3.8, 4) is 23.3 Å². The number of nitriles is 1. The number of hydrogen-bond donors (Lipinski definition) is 1. The van der Waals surface area contributed by atoms with E-state index in [1.807, 2.05) is 35.7 Å². The molecule has 4 aromatic rings. The minimum Gasteiger partial charge on any atom is -0.504 e. The number of nitrogens with zero attached hydrogens (tertiary/aromatic N) is 6. The van der Waals surface area contributed by atoms with E-state index in [-0.39, 0.29) is 5.75 Å². The second-order valence-electron chi connectivity index (χ2n) is 6.24. The molecule has 2 aromatic carbocycles. The van der Waals surface area contributed by atoms with Crippen molar-refractivity contribution in [2.45, 2.75) is 10.9 Å². The van der Waals surface area contributed by atoms with Crippen molar-refractivity contribution in [3.63, 3.8) is 0 Å². The van der Waals surface area contributed by atoms with Crippen LogP contribution >= 0.6 is 23.1 Å². The molecule has 0 amide bonds. The van der Waals surface area contributed by atoms with Crippen LogP contribution < -0.4 is 4.74 Å². The van der Waals surface area contributed by atoms with Gasteiger partial charge in [-0.25, -0.2) is 4.98 Å². The van der Waals surface area contributed by atoms with Gasteiger partial charge in [0.15, 0.2) is 11.5 Å². The molecule has 8 nitrogen and oxygen atoms in total. The molecule has 0 atom stereocenters. The van der Waals surface area contributed by atoms with Crippen molar-refractivity contribution in [1.29, 1.82) is 5.26 Å². The Hall–Kier alpha value is -3.68. The number of thiazole rings is 1. The number of methoxy groups -OCH3 is 1. The van der Waals surface area contributed by atoms with Crippen LogP contribution in [0, 0.1) is 11.3 Å². The molecule has 0 aliphatic heterocycles. The van der Waals surface area contributed by atoms with Crippen LogP contribution in [0.25, 0.3) is 17.3 Å². The van der Waals surface area contributed by atoms with Crippen LogP contribution in [0.5, 0.6) is 11.5 Å². The van der Waals surface area contributed by atoms with E-state index in [1.165, 1.54) is 36.3 Å². The standard InChI is InChI=1S/C21H16N6O2S2/c1-29-19-10-14(7-8-18(19)28)9-15(11-22)20-23-16(12-30-20)13-31-21-24-25-26-27(21)17-5-3-2-4-6-17/h2-10,12,28H,13H2,1H3/b15-9-. The summed E-state index contributed by atoms with van der Waals surface area (Å²) < 4.78 is 6.80. The Kier molecular flexibility index (Phi) is 6.26. The molecule has 0 fully saturated rings. The molecule has 4 rings (SSSR count). The third-order valence-corrected chi connectivity index (χ3v) is 6.09. The summed E-state index contributed by atoms with van der Waals surface area (Å²) in [6, 6.07) is 16.8. The van der Waals surface area contributed by atoms with Crippen molar-refractivity contribution in [3.05, 3.63) is 70.2 Å². The average Bonchev–Trinajstić information content (AvgIpc) is 3.47. The second kappa shape index (κ2) is 9.42. The maximum Gasteiger partial charge on any atom is 0.214 e. The molecule has 2 aromatic heterocycles. The maximum absolute atomic E-state index is 9.74. The molecule has 154 valence electrons. The predicted octanol–water partition coefficient (Wildman–Crippen LogP) is 4.19. The number of allylic oxidation sites excluding steroid dienone is 1. The van der Waals surface area contributed by atoms with Gasteiger partial charge < -0.3 is 9.84 Å². The molecule has 0 unspecified atom stereocenters. The molecule has 1 N–H and O–H groups in total. The lowest BCUT2D eigenvalue weighted by molar-refractivity contribution is 0.373. The van der Waals surface area contributed by atoms with Crippen molar-refractivity contribution in [2.24, 2.45) is 0 Å². The van der Waals surface area contributed by atoms with Gasteiger partial charge in [-0.05, 0) is 46.3 Å². The molecular formula is C21H16N6O2S2. The zero-order chi connectivity index (χ0) is 21.6. The number of tetrazole rings is 1. The number of thioether (sulfide) groups is 1. The Morgan fingerprint density at radius 3 is 2.90 bits per heavy atom. The summed E-state index contributed by atoms with van der Waals surface area (Å²) in [4.78, 5) is 4.59. The first-order valence-corrected chi connectivity index (χ1v) is 10.9. The topological polar surface area (TPSA) is 110 Å². The third-order valence-electron chi connectivity index (χ3n) is 4.21. The zero-order valence-electron chi connectivity index (χ0n) is 16.3. The Labute approximate surface area is 186 Å². The third kappa shape index (κ3) is 4.74.